The van der Waals surface area contributed by atoms with E-state index in [0.29, 0.717) is 11.8 Å². The van der Waals surface area contributed by atoms with Crippen LogP contribution >= 0.6 is 11.8 Å². The Labute approximate surface area is 103 Å². The molecule has 6 heteroatoms. The van der Waals surface area contributed by atoms with Crippen LogP contribution in [0.2, 0.25) is 0 Å². The molecule has 0 fully saturated rings. The van der Waals surface area contributed by atoms with Crippen molar-refractivity contribution in [1.29, 1.82) is 0 Å². The summed E-state index contributed by atoms with van der Waals surface area (Å²) in [5.41, 5.74) is -0.711. The fraction of sp³-hybridized carbons (Fsp3) is 0.545. The van der Waals surface area contributed by atoms with Crippen molar-refractivity contribution < 1.29 is 13.2 Å². The summed E-state index contributed by atoms with van der Waals surface area (Å²) in [6.45, 7) is 2.53. The van der Waals surface area contributed by atoms with E-state index >= 15 is 0 Å². The van der Waals surface area contributed by atoms with E-state index in [1.54, 1.807) is 11.8 Å². The fourth-order valence-electron chi connectivity index (χ4n) is 1.29. The molecule has 0 aromatic carbocycles. The molecule has 1 N–H and O–H groups in total. The average Bonchev–Trinajstić information content (AvgIpc) is 2.28. The molecule has 1 heterocycles. The summed E-state index contributed by atoms with van der Waals surface area (Å²) in [6.07, 6.45) is -0.223. The van der Waals surface area contributed by atoms with E-state index in [1.807, 2.05) is 13.2 Å². The molecule has 96 valence electrons. The zero-order chi connectivity index (χ0) is 12.9. The molecule has 0 aliphatic rings. The van der Waals surface area contributed by atoms with Crippen LogP contribution in [-0.2, 0) is 6.18 Å². The van der Waals surface area contributed by atoms with Gasteiger partial charge in [-0.2, -0.15) is 24.9 Å². The van der Waals surface area contributed by atoms with Crippen LogP contribution in [0.15, 0.2) is 18.3 Å². The minimum Gasteiger partial charge on any atom is -0.370 e. The van der Waals surface area contributed by atoms with Gasteiger partial charge in [0.1, 0.15) is 5.82 Å². The molecule has 17 heavy (non-hydrogen) atoms. The van der Waals surface area contributed by atoms with Gasteiger partial charge in [0, 0.05) is 18.0 Å². The van der Waals surface area contributed by atoms with E-state index in [0.717, 1.165) is 12.5 Å². The average molecular weight is 264 g/mol. The number of nitrogens with zero attached hydrogens (tertiary/aromatic N) is 1. The van der Waals surface area contributed by atoms with Crippen LogP contribution in [0.3, 0.4) is 0 Å². The number of hydrogen-bond donors (Lipinski definition) is 1. The molecular weight excluding hydrogens is 249 g/mol. The van der Waals surface area contributed by atoms with Crippen LogP contribution in [-0.4, -0.2) is 23.0 Å². The Bertz CT molecular complexity index is 355. The molecule has 1 atom stereocenters. The van der Waals surface area contributed by atoms with Crippen LogP contribution in [0.4, 0.5) is 19.0 Å². The SMILES string of the molecule is CSC(C)CCNc1ncccc1C(F)(F)F. The maximum atomic E-state index is 12.6. The minimum atomic E-state index is -4.36. The molecular formula is C11H15F3N2S. The fourth-order valence-corrected chi connectivity index (χ4v) is 1.64. The Balaban J connectivity index is 2.65. The van der Waals surface area contributed by atoms with Crippen molar-refractivity contribution in [2.75, 3.05) is 18.1 Å². The molecule has 1 aromatic rings. The first-order chi connectivity index (χ1) is 7.95. The number of thioether (sulfide) groups is 1. The number of aromatic nitrogens is 1. The smallest absolute Gasteiger partial charge is 0.370 e. The highest BCUT2D eigenvalue weighted by Crippen LogP contribution is 2.33. The second-order valence-corrected chi connectivity index (χ2v) is 4.94. The number of alkyl halides is 3. The Morgan fingerprint density at radius 2 is 2.18 bits per heavy atom. The van der Waals surface area contributed by atoms with Crippen molar-refractivity contribution in [3.63, 3.8) is 0 Å². The Kier molecular flexibility index (Phi) is 5.11. The molecule has 0 bridgehead atoms. The zero-order valence-electron chi connectivity index (χ0n) is 9.71. The van der Waals surface area contributed by atoms with E-state index in [2.05, 4.69) is 10.3 Å². The molecule has 0 spiro atoms. The van der Waals surface area contributed by atoms with E-state index in [4.69, 9.17) is 0 Å². The minimum absolute atomic E-state index is 0.0895. The van der Waals surface area contributed by atoms with Gasteiger partial charge < -0.3 is 5.32 Å². The highest BCUT2D eigenvalue weighted by Gasteiger charge is 2.33. The lowest BCUT2D eigenvalue weighted by molar-refractivity contribution is -0.137. The summed E-state index contributed by atoms with van der Waals surface area (Å²) in [5.74, 6) is -0.0895. The van der Waals surface area contributed by atoms with Gasteiger partial charge in [-0.25, -0.2) is 4.98 Å². The van der Waals surface area contributed by atoms with Gasteiger partial charge >= 0.3 is 6.18 Å². The van der Waals surface area contributed by atoms with Gasteiger partial charge in [0.25, 0.3) is 0 Å². The van der Waals surface area contributed by atoms with E-state index in [1.165, 1.54) is 12.3 Å². The third-order valence-corrected chi connectivity index (χ3v) is 3.40. The summed E-state index contributed by atoms with van der Waals surface area (Å²) in [7, 11) is 0. The second-order valence-electron chi connectivity index (χ2n) is 3.66. The number of halogens is 3. The number of pyridine rings is 1. The summed E-state index contributed by atoms with van der Waals surface area (Å²) >= 11 is 1.69. The van der Waals surface area contributed by atoms with Gasteiger partial charge in [-0.05, 0) is 24.8 Å². The van der Waals surface area contributed by atoms with Crippen molar-refractivity contribution in [3.05, 3.63) is 23.9 Å². The standard InChI is InChI=1S/C11H15F3N2S/c1-8(17-2)5-7-16-10-9(11(12,13)14)4-3-6-15-10/h3-4,6,8H,5,7H2,1-2H3,(H,15,16). The molecule has 0 aliphatic heterocycles. The number of anilines is 1. The Morgan fingerprint density at radius 3 is 2.76 bits per heavy atom. The molecule has 1 unspecified atom stereocenters. The lowest BCUT2D eigenvalue weighted by Crippen LogP contribution is -2.14. The van der Waals surface area contributed by atoms with E-state index < -0.39 is 11.7 Å². The quantitative estimate of drug-likeness (QED) is 0.878. The number of hydrogen-bond acceptors (Lipinski definition) is 3. The molecule has 2 nitrogen and oxygen atoms in total. The molecule has 0 amide bonds. The van der Waals surface area contributed by atoms with Gasteiger partial charge in [0.15, 0.2) is 0 Å². The first-order valence-electron chi connectivity index (χ1n) is 5.24. The van der Waals surface area contributed by atoms with Gasteiger partial charge in [0.2, 0.25) is 0 Å². The first kappa shape index (κ1) is 14.2. The maximum absolute atomic E-state index is 12.6. The van der Waals surface area contributed by atoms with E-state index in [-0.39, 0.29) is 5.82 Å². The van der Waals surface area contributed by atoms with Gasteiger partial charge in [-0.15, -0.1) is 0 Å². The topological polar surface area (TPSA) is 24.9 Å². The number of rotatable bonds is 5. The first-order valence-corrected chi connectivity index (χ1v) is 6.53. The monoisotopic (exact) mass is 264 g/mol. The molecule has 1 aromatic heterocycles. The Hall–Kier alpha value is -0.910. The van der Waals surface area contributed by atoms with Crippen LogP contribution in [0.25, 0.3) is 0 Å². The van der Waals surface area contributed by atoms with Crippen LogP contribution < -0.4 is 5.32 Å². The summed E-state index contributed by atoms with van der Waals surface area (Å²) in [5, 5.41) is 3.16. The number of nitrogens with one attached hydrogen (secondary N) is 1. The Morgan fingerprint density at radius 1 is 1.47 bits per heavy atom. The lowest BCUT2D eigenvalue weighted by atomic mass is 10.2. The highest BCUT2D eigenvalue weighted by molar-refractivity contribution is 7.99. The zero-order valence-corrected chi connectivity index (χ0v) is 10.5. The van der Waals surface area contributed by atoms with Crippen molar-refractivity contribution >= 4 is 17.6 Å². The molecule has 0 aliphatic carbocycles. The predicted octanol–water partition coefficient (Wildman–Crippen LogP) is 3.65. The summed E-state index contributed by atoms with van der Waals surface area (Å²) in [6, 6.07) is 2.33. The van der Waals surface area contributed by atoms with Crippen LogP contribution in [0, 0.1) is 0 Å². The summed E-state index contributed by atoms with van der Waals surface area (Å²) in [4.78, 5) is 3.73. The third-order valence-electron chi connectivity index (χ3n) is 2.36. The molecule has 0 saturated heterocycles. The van der Waals surface area contributed by atoms with Crippen molar-refractivity contribution in [2.24, 2.45) is 0 Å². The van der Waals surface area contributed by atoms with Crippen molar-refractivity contribution in [3.8, 4) is 0 Å². The second kappa shape index (κ2) is 6.14. The van der Waals surface area contributed by atoms with Gasteiger partial charge in [-0.3, -0.25) is 0 Å². The third kappa shape index (κ3) is 4.46. The van der Waals surface area contributed by atoms with Crippen LogP contribution in [0.5, 0.6) is 0 Å². The largest absolute Gasteiger partial charge is 0.419 e. The normalized spacial score (nSPS) is 13.5. The van der Waals surface area contributed by atoms with Gasteiger partial charge in [-0.1, -0.05) is 6.92 Å². The molecule has 1 rings (SSSR count). The lowest BCUT2D eigenvalue weighted by Gasteiger charge is -2.14. The van der Waals surface area contributed by atoms with Crippen molar-refractivity contribution in [2.45, 2.75) is 24.8 Å². The van der Waals surface area contributed by atoms with Crippen molar-refractivity contribution in [1.82, 2.24) is 4.98 Å². The maximum Gasteiger partial charge on any atom is 0.419 e. The highest BCUT2D eigenvalue weighted by atomic mass is 32.2. The predicted molar refractivity (Wildman–Crippen MR) is 65.3 cm³/mol. The molecule has 0 saturated carbocycles. The van der Waals surface area contributed by atoms with Crippen LogP contribution in [0.1, 0.15) is 18.9 Å². The summed E-state index contributed by atoms with van der Waals surface area (Å²) < 4.78 is 37.8. The van der Waals surface area contributed by atoms with E-state index in [9.17, 15) is 13.2 Å². The van der Waals surface area contributed by atoms with Gasteiger partial charge in [0.05, 0.1) is 5.56 Å². The molecule has 0 radical (unpaired) electrons.